The van der Waals surface area contributed by atoms with Crippen LogP contribution in [0.5, 0.6) is 0 Å². The first-order valence-electron chi connectivity index (χ1n) is 7.69. The molecule has 5 heteroatoms. The summed E-state index contributed by atoms with van der Waals surface area (Å²) in [6.07, 6.45) is 1.46. The monoisotopic (exact) mass is 355 g/mol. The number of rotatable bonds is 6. The number of carbonyl (C=O) groups is 1. The molecule has 0 atom stereocenters. The zero-order valence-corrected chi connectivity index (χ0v) is 14.0. The van der Waals surface area contributed by atoms with Crippen molar-refractivity contribution in [2.45, 2.75) is 16.7 Å². The number of ketones is 1. The number of alkyl halides is 2. The Morgan fingerprint density at radius 2 is 1.56 bits per heavy atom. The normalized spacial score (nSPS) is 11.3. The third kappa shape index (κ3) is 3.94. The van der Waals surface area contributed by atoms with Gasteiger partial charge in [-0.25, -0.2) is 4.98 Å². The van der Waals surface area contributed by atoms with Gasteiger partial charge in [0.25, 0.3) is 0 Å². The molecule has 0 bridgehead atoms. The molecule has 0 saturated heterocycles. The molecule has 2 nitrogen and oxygen atoms in total. The van der Waals surface area contributed by atoms with E-state index >= 15 is 0 Å². The lowest BCUT2D eigenvalue weighted by atomic mass is 10.0. The van der Waals surface area contributed by atoms with Gasteiger partial charge in [0.2, 0.25) is 5.78 Å². The molecule has 1 aromatic heterocycles. The number of carbonyl (C=O) groups excluding carboxylic acids is 1. The Kier molecular flexibility index (Phi) is 5.24. The highest BCUT2D eigenvalue weighted by Gasteiger charge is 2.43. The van der Waals surface area contributed by atoms with Gasteiger partial charge in [-0.15, -0.1) is 11.8 Å². The van der Waals surface area contributed by atoms with Gasteiger partial charge in [-0.1, -0.05) is 60.7 Å². The topological polar surface area (TPSA) is 30.0 Å². The Hall–Kier alpha value is -2.53. The summed E-state index contributed by atoms with van der Waals surface area (Å²) in [4.78, 5) is 16.4. The third-order valence-corrected chi connectivity index (χ3v) is 4.73. The van der Waals surface area contributed by atoms with Crippen molar-refractivity contribution >= 4 is 17.5 Å². The summed E-state index contributed by atoms with van der Waals surface area (Å²) in [6, 6.07) is 19.8. The van der Waals surface area contributed by atoms with E-state index in [1.54, 1.807) is 18.2 Å². The zero-order valence-electron chi connectivity index (χ0n) is 13.2. The highest BCUT2D eigenvalue weighted by Crippen LogP contribution is 2.37. The Morgan fingerprint density at radius 3 is 2.24 bits per heavy atom. The van der Waals surface area contributed by atoms with E-state index in [1.165, 1.54) is 42.2 Å². The SMILES string of the molecule is O=C(c1ccccc1)C(F)(F)c1cccnc1SCc1ccccc1. The average molecular weight is 355 g/mol. The van der Waals surface area contributed by atoms with Crippen molar-refractivity contribution in [3.05, 3.63) is 95.7 Å². The van der Waals surface area contributed by atoms with Crippen molar-refractivity contribution in [2.24, 2.45) is 0 Å². The molecule has 0 N–H and O–H groups in total. The van der Waals surface area contributed by atoms with Gasteiger partial charge in [0.1, 0.15) is 5.03 Å². The second-order valence-electron chi connectivity index (χ2n) is 5.40. The molecule has 126 valence electrons. The fourth-order valence-electron chi connectivity index (χ4n) is 2.36. The van der Waals surface area contributed by atoms with E-state index in [4.69, 9.17) is 0 Å². The van der Waals surface area contributed by atoms with Crippen LogP contribution in [0, 0.1) is 0 Å². The first-order chi connectivity index (χ1) is 12.1. The summed E-state index contributed by atoms with van der Waals surface area (Å²) in [5.74, 6) is -4.35. The predicted octanol–water partition coefficient (Wildman–Crippen LogP) is 5.35. The van der Waals surface area contributed by atoms with E-state index in [1.807, 2.05) is 30.3 Å². The van der Waals surface area contributed by atoms with Crippen LogP contribution in [-0.4, -0.2) is 10.8 Å². The maximum atomic E-state index is 14.8. The minimum atomic E-state index is -3.63. The number of Topliss-reactive ketones (excluding diaryl/α,β-unsaturated/α-hetero) is 1. The molecule has 2 aromatic carbocycles. The molecule has 3 rings (SSSR count). The van der Waals surface area contributed by atoms with E-state index < -0.39 is 11.7 Å². The minimum absolute atomic E-state index is 0.0182. The van der Waals surface area contributed by atoms with E-state index in [-0.39, 0.29) is 16.2 Å². The molecule has 3 aromatic rings. The molecule has 0 aliphatic carbocycles. The van der Waals surface area contributed by atoms with Gasteiger partial charge in [0, 0.05) is 17.5 Å². The van der Waals surface area contributed by atoms with Crippen LogP contribution >= 0.6 is 11.8 Å². The Labute approximate surface area is 148 Å². The number of pyridine rings is 1. The van der Waals surface area contributed by atoms with E-state index in [2.05, 4.69) is 4.98 Å². The lowest BCUT2D eigenvalue weighted by Gasteiger charge is -2.18. The number of benzene rings is 2. The van der Waals surface area contributed by atoms with Gasteiger partial charge in [-0.05, 0) is 17.7 Å². The fourth-order valence-corrected chi connectivity index (χ4v) is 3.35. The van der Waals surface area contributed by atoms with Gasteiger partial charge >= 0.3 is 5.92 Å². The minimum Gasteiger partial charge on any atom is -0.287 e. The average Bonchev–Trinajstić information content (AvgIpc) is 2.67. The molecule has 0 spiro atoms. The lowest BCUT2D eigenvalue weighted by Crippen LogP contribution is -2.27. The van der Waals surface area contributed by atoms with Gasteiger partial charge in [0.05, 0.1) is 5.56 Å². The maximum Gasteiger partial charge on any atom is 0.337 e. The van der Waals surface area contributed by atoms with Gasteiger partial charge < -0.3 is 0 Å². The van der Waals surface area contributed by atoms with Crippen molar-refractivity contribution < 1.29 is 13.6 Å². The molecule has 0 aliphatic rings. The van der Waals surface area contributed by atoms with Crippen molar-refractivity contribution in [1.29, 1.82) is 0 Å². The Morgan fingerprint density at radius 1 is 0.920 bits per heavy atom. The molecule has 1 heterocycles. The number of aromatic nitrogens is 1. The van der Waals surface area contributed by atoms with Crippen molar-refractivity contribution in [3.63, 3.8) is 0 Å². The molecule has 0 fully saturated rings. The standard InChI is InChI=1S/C20H15F2NOS/c21-20(22,18(24)16-10-5-2-6-11-16)17-12-7-13-23-19(17)25-14-15-8-3-1-4-9-15/h1-13H,14H2. The van der Waals surface area contributed by atoms with Crippen molar-refractivity contribution in [3.8, 4) is 0 Å². The highest BCUT2D eigenvalue weighted by molar-refractivity contribution is 7.98. The maximum absolute atomic E-state index is 14.8. The number of nitrogens with zero attached hydrogens (tertiary/aromatic N) is 1. The smallest absolute Gasteiger partial charge is 0.287 e. The molecule has 0 radical (unpaired) electrons. The first kappa shape index (κ1) is 17.3. The first-order valence-corrected chi connectivity index (χ1v) is 8.67. The summed E-state index contributed by atoms with van der Waals surface area (Å²) in [5.41, 5.74) is 0.627. The molecular weight excluding hydrogens is 340 g/mol. The van der Waals surface area contributed by atoms with E-state index in [9.17, 15) is 13.6 Å². The Balaban J connectivity index is 1.87. The molecule has 0 unspecified atom stereocenters. The van der Waals surface area contributed by atoms with Crippen LogP contribution in [0.2, 0.25) is 0 Å². The number of hydrogen-bond donors (Lipinski definition) is 0. The summed E-state index contributed by atoms with van der Waals surface area (Å²) in [5, 5.41) is 0.167. The summed E-state index contributed by atoms with van der Waals surface area (Å²) < 4.78 is 29.6. The van der Waals surface area contributed by atoms with Crippen molar-refractivity contribution in [1.82, 2.24) is 4.98 Å². The second kappa shape index (κ2) is 7.57. The molecule has 25 heavy (non-hydrogen) atoms. The van der Waals surface area contributed by atoms with Gasteiger partial charge in [-0.2, -0.15) is 8.78 Å². The van der Waals surface area contributed by atoms with Crippen LogP contribution in [0.15, 0.2) is 84.0 Å². The summed E-state index contributed by atoms with van der Waals surface area (Å²) >= 11 is 1.20. The van der Waals surface area contributed by atoms with Crippen LogP contribution < -0.4 is 0 Å². The lowest BCUT2D eigenvalue weighted by molar-refractivity contribution is 0.00537. The van der Waals surface area contributed by atoms with Gasteiger partial charge in [-0.3, -0.25) is 4.79 Å². The van der Waals surface area contributed by atoms with Gasteiger partial charge in [0.15, 0.2) is 0 Å². The molecule has 0 amide bonds. The van der Waals surface area contributed by atoms with Crippen LogP contribution in [0.3, 0.4) is 0 Å². The zero-order chi connectivity index (χ0) is 17.7. The second-order valence-corrected chi connectivity index (χ2v) is 6.36. The largest absolute Gasteiger partial charge is 0.337 e. The highest BCUT2D eigenvalue weighted by atomic mass is 32.2. The summed E-state index contributed by atoms with van der Waals surface area (Å²) in [7, 11) is 0. The van der Waals surface area contributed by atoms with Crippen LogP contribution in [0.25, 0.3) is 0 Å². The molecule has 0 saturated carbocycles. The fraction of sp³-hybridized carbons (Fsp3) is 0.100. The quantitative estimate of drug-likeness (QED) is 0.441. The predicted molar refractivity (Wildman–Crippen MR) is 94.9 cm³/mol. The van der Waals surface area contributed by atoms with E-state index in [0.717, 1.165) is 5.56 Å². The van der Waals surface area contributed by atoms with Crippen LogP contribution in [0.1, 0.15) is 21.5 Å². The van der Waals surface area contributed by atoms with Crippen molar-refractivity contribution in [2.75, 3.05) is 0 Å². The number of hydrogen-bond acceptors (Lipinski definition) is 3. The Bertz CT molecular complexity index is 854. The van der Waals surface area contributed by atoms with Crippen LogP contribution in [0.4, 0.5) is 8.78 Å². The summed E-state index contributed by atoms with van der Waals surface area (Å²) in [6.45, 7) is 0. The molecule has 0 aliphatic heterocycles. The number of thioether (sulfide) groups is 1. The van der Waals surface area contributed by atoms with Crippen LogP contribution in [-0.2, 0) is 11.7 Å². The van der Waals surface area contributed by atoms with E-state index in [0.29, 0.717) is 5.75 Å². The molecular formula is C20H15F2NOS. The third-order valence-electron chi connectivity index (χ3n) is 3.65. The number of halogens is 2.